The predicted octanol–water partition coefficient (Wildman–Crippen LogP) is 5.27. The second-order valence-electron chi connectivity index (χ2n) is 7.13. The molecule has 4 nitrogen and oxygen atoms in total. The number of thioether (sulfide) groups is 1. The number of hydrazone groups is 1. The number of carbonyl (C=O) groups excluding carboxylic acids is 1. The van der Waals surface area contributed by atoms with E-state index in [1.165, 1.54) is 16.7 Å². The molecule has 0 spiro atoms. The Morgan fingerprint density at radius 3 is 2.37 bits per heavy atom. The molecule has 0 saturated carbocycles. The molecule has 0 aliphatic heterocycles. The minimum atomic E-state index is -0.108. The Kier molecular flexibility index (Phi) is 8.10. The number of hydrogen-bond acceptors (Lipinski definition) is 4. The third-order valence-electron chi connectivity index (χ3n) is 4.31. The van der Waals surface area contributed by atoms with Gasteiger partial charge in [-0.1, -0.05) is 59.7 Å². The van der Waals surface area contributed by atoms with Crippen LogP contribution in [0.15, 0.2) is 77.9 Å². The Morgan fingerprint density at radius 1 is 0.967 bits per heavy atom. The maximum Gasteiger partial charge on any atom is 0.250 e. The summed E-state index contributed by atoms with van der Waals surface area (Å²) in [7, 11) is 0. The van der Waals surface area contributed by atoms with E-state index in [1.807, 2.05) is 54.6 Å². The summed E-state index contributed by atoms with van der Waals surface area (Å²) in [5.74, 6) is 1.87. The minimum Gasteiger partial charge on any atom is -0.489 e. The van der Waals surface area contributed by atoms with Crippen LogP contribution in [-0.4, -0.2) is 17.9 Å². The molecule has 0 aliphatic rings. The summed E-state index contributed by atoms with van der Waals surface area (Å²) < 4.78 is 5.77. The van der Waals surface area contributed by atoms with Crippen LogP contribution in [0.25, 0.3) is 0 Å². The second-order valence-corrected chi connectivity index (χ2v) is 8.11. The van der Waals surface area contributed by atoms with Crippen LogP contribution in [0.5, 0.6) is 5.75 Å². The molecular weight excluding hydrogens is 392 g/mol. The number of carbonyl (C=O) groups is 1. The van der Waals surface area contributed by atoms with Crippen molar-refractivity contribution in [2.45, 2.75) is 26.2 Å². The molecule has 1 N–H and O–H groups in total. The topological polar surface area (TPSA) is 50.7 Å². The Labute approximate surface area is 182 Å². The highest BCUT2D eigenvalue weighted by molar-refractivity contribution is 7.99. The fourth-order valence-corrected chi connectivity index (χ4v) is 3.77. The molecule has 3 aromatic carbocycles. The van der Waals surface area contributed by atoms with Crippen molar-refractivity contribution in [2.75, 3.05) is 5.75 Å². The lowest BCUT2D eigenvalue weighted by Crippen LogP contribution is -2.19. The molecule has 3 aromatic rings. The number of ether oxygens (including phenoxy) is 1. The highest BCUT2D eigenvalue weighted by Gasteiger charge is 2.02. The fourth-order valence-electron chi connectivity index (χ4n) is 3.02. The van der Waals surface area contributed by atoms with Crippen molar-refractivity contribution in [3.05, 3.63) is 101 Å². The van der Waals surface area contributed by atoms with Crippen LogP contribution >= 0.6 is 11.8 Å². The monoisotopic (exact) mass is 418 g/mol. The average Bonchev–Trinajstić information content (AvgIpc) is 2.73. The van der Waals surface area contributed by atoms with Crippen LogP contribution in [-0.2, 0) is 17.2 Å². The quantitative estimate of drug-likeness (QED) is 0.381. The number of benzene rings is 3. The highest BCUT2D eigenvalue weighted by atomic mass is 32.2. The Hall–Kier alpha value is -3.05. The lowest BCUT2D eigenvalue weighted by atomic mass is 10.1. The molecule has 3 rings (SSSR count). The van der Waals surface area contributed by atoms with Gasteiger partial charge in [-0.15, -0.1) is 11.8 Å². The van der Waals surface area contributed by atoms with Gasteiger partial charge in [-0.2, -0.15) is 5.10 Å². The molecule has 1 amide bonds. The van der Waals surface area contributed by atoms with Crippen LogP contribution in [0.1, 0.15) is 27.8 Å². The van der Waals surface area contributed by atoms with Crippen LogP contribution in [0.3, 0.4) is 0 Å². The first-order valence-electron chi connectivity index (χ1n) is 9.82. The summed E-state index contributed by atoms with van der Waals surface area (Å²) in [6, 6.07) is 24.1. The van der Waals surface area contributed by atoms with Crippen LogP contribution in [0.2, 0.25) is 0 Å². The predicted molar refractivity (Wildman–Crippen MR) is 125 cm³/mol. The second kappa shape index (κ2) is 11.2. The van der Waals surface area contributed by atoms with Crippen molar-refractivity contribution in [1.82, 2.24) is 5.43 Å². The van der Waals surface area contributed by atoms with Crippen molar-refractivity contribution in [3.8, 4) is 5.75 Å². The first-order chi connectivity index (χ1) is 14.6. The van der Waals surface area contributed by atoms with E-state index in [0.29, 0.717) is 12.4 Å². The molecule has 0 saturated heterocycles. The molecule has 5 heteroatoms. The molecular formula is C25H26N2O2S. The van der Waals surface area contributed by atoms with Crippen molar-refractivity contribution in [3.63, 3.8) is 0 Å². The first-order valence-corrected chi connectivity index (χ1v) is 11.0. The van der Waals surface area contributed by atoms with Crippen molar-refractivity contribution in [2.24, 2.45) is 5.10 Å². The summed E-state index contributed by atoms with van der Waals surface area (Å²) in [5.41, 5.74) is 8.33. The van der Waals surface area contributed by atoms with E-state index in [4.69, 9.17) is 4.74 Å². The Bertz CT molecular complexity index is 966. The van der Waals surface area contributed by atoms with E-state index in [0.717, 1.165) is 22.6 Å². The molecule has 0 bridgehead atoms. The number of hydrogen-bond donors (Lipinski definition) is 1. The molecule has 0 aromatic heterocycles. The van der Waals surface area contributed by atoms with E-state index in [1.54, 1.807) is 18.0 Å². The largest absolute Gasteiger partial charge is 0.489 e. The van der Waals surface area contributed by atoms with Gasteiger partial charge in [0.05, 0.1) is 12.0 Å². The van der Waals surface area contributed by atoms with Gasteiger partial charge in [-0.25, -0.2) is 5.43 Å². The van der Waals surface area contributed by atoms with E-state index >= 15 is 0 Å². The van der Waals surface area contributed by atoms with Gasteiger partial charge in [0.2, 0.25) is 5.91 Å². The molecule has 0 heterocycles. The Balaban J connectivity index is 1.38. The summed E-state index contributed by atoms with van der Waals surface area (Å²) >= 11 is 1.58. The van der Waals surface area contributed by atoms with Gasteiger partial charge >= 0.3 is 0 Å². The number of amides is 1. The third-order valence-corrected chi connectivity index (χ3v) is 5.32. The third kappa shape index (κ3) is 7.41. The molecule has 0 atom stereocenters. The highest BCUT2D eigenvalue weighted by Crippen LogP contribution is 2.16. The van der Waals surface area contributed by atoms with Crippen molar-refractivity contribution >= 4 is 23.9 Å². The molecule has 0 radical (unpaired) electrons. The zero-order valence-corrected chi connectivity index (χ0v) is 18.1. The molecule has 0 fully saturated rings. The number of nitrogens with zero attached hydrogens (tertiary/aromatic N) is 1. The summed E-state index contributed by atoms with van der Waals surface area (Å²) in [4.78, 5) is 12.0. The van der Waals surface area contributed by atoms with Gasteiger partial charge in [0.25, 0.3) is 0 Å². The first kappa shape index (κ1) is 21.7. The number of aryl methyl sites for hydroxylation is 2. The number of nitrogens with one attached hydrogen (secondary N) is 1. The Morgan fingerprint density at radius 2 is 1.67 bits per heavy atom. The maximum absolute atomic E-state index is 12.0. The number of rotatable bonds is 9. The normalized spacial score (nSPS) is 10.9. The maximum atomic E-state index is 12.0. The summed E-state index contributed by atoms with van der Waals surface area (Å²) in [6.45, 7) is 4.71. The summed E-state index contributed by atoms with van der Waals surface area (Å²) in [6.07, 6.45) is 1.63. The minimum absolute atomic E-state index is 0.108. The molecule has 30 heavy (non-hydrogen) atoms. The molecule has 0 aliphatic carbocycles. The standard InChI is InChI=1S/C25H26N2O2S/c1-19-12-20(2)14-23(13-19)17-30-18-25(28)27-26-15-21-8-10-24(11-9-21)29-16-22-6-4-3-5-7-22/h3-15H,16-18H2,1-2H3,(H,27,28). The van der Waals surface area contributed by atoms with Gasteiger partial charge in [0.1, 0.15) is 12.4 Å². The van der Waals surface area contributed by atoms with Gasteiger partial charge in [0.15, 0.2) is 0 Å². The SMILES string of the molecule is Cc1cc(C)cc(CSCC(=O)NN=Cc2ccc(OCc3ccccc3)cc2)c1. The fraction of sp³-hybridized carbons (Fsp3) is 0.200. The average molecular weight is 419 g/mol. The zero-order chi connectivity index (χ0) is 21.2. The van der Waals surface area contributed by atoms with Gasteiger partial charge in [0, 0.05) is 5.75 Å². The van der Waals surface area contributed by atoms with Crippen LogP contribution in [0.4, 0.5) is 0 Å². The van der Waals surface area contributed by atoms with E-state index in [9.17, 15) is 4.79 Å². The van der Waals surface area contributed by atoms with Crippen LogP contribution < -0.4 is 10.2 Å². The zero-order valence-electron chi connectivity index (χ0n) is 17.3. The lowest BCUT2D eigenvalue weighted by Gasteiger charge is -2.06. The molecule has 0 unspecified atom stereocenters. The van der Waals surface area contributed by atoms with Crippen LogP contribution in [0, 0.1) is 13.8 Å². The van der Waals surface area contributed by atoms with E-state index in [-0.39, 0.29) is 5.91 Å². The molecule has 154 valence electrons. The van der Waals surface area contributed by atoms with Crippen molar-refractivity contribution < 1.29 is 9.53 Å². The summed E-state index contributed by atoms with van der Waals surface area (Å²) in [5, 5.41) is 4.04. The van der Waals surface area contributed by atoms with E-state index < -0.39 is 0 Å². The van der Waals surface area contributed by atoms with Gasteiger partial charge < -0.3 is 4.74 Å². The van der Waals surface area contributed by atoms with Gasteiger partial charge in [-0.3, -0.25) is 4.79 Å². The smallest absolute Gasteiger partial charge is 0.250 e. The van der Waals surface area contributed by atoms with E-state index in [2.05, 4.69) is 42.6 Å². The van der Waals surface area contributed by atoms with Gasteiger partial charge in [-0.05, 0) is 54.8 Å². The van der Waals surface area contributed by atoms with Crippen molar-refractivity contribution in [1.29, 1.82) is 0 Å². The lowest BCUT2D eigenvalue weighted by molar-refractivity contribution is -0.118.